The fourth-order valence-electron chi connectivity index (χ4n) is 3.81. The number of hydrogen-bond acceptors (Lipinski definition) is 3. The Morgan fingerprint density at radius 3 is 2.50 bits per heavy atom. The maximum atomic E-state index is 12.5. The second kappa shape index (κ2) is 8.30. The number of carbonyl (C=O) groups excluding carboxylic acids is 2. The average Bonchev–Trinajstić information content (AvgIpc) is 3.11. The third-order valence-corrected chi connectivity index (χ3v) is 5.57. The third kappa shape index (κ3) is 3.82. The van der Waals surface area contributed by atoms with Gasteiger partial charge in [-0.15, -0.1) is 0 Å². The molecule has 152 valence electrons. The first kappa shape index (κ1) is 20.1. The minimum atomic E-state index is -0.465. The normalized spacial score (nSPS) is 11.7. The number of halogens is 1. The summed E-state index contributed by atoms with van der Waals surface area (Å²) in [4.78, 5) is 24.7. The van der Waals surface area contributed by atoms with Gasteiger partial charge in [0.25, 0.3) is 5.91 Å². The van der Waals surface area contributed by atoms with Gasteiger partial charge in [-0.2, -0.15) is 0 Å². The number of primary amides is 1. The maximum absolute atomic E-state index is 12.5. The Kier molecular flexibility index (Phi) is 5.57. The van der Waals surface area contributed by atoms with Crippen LogP contribution in [0.5, 0.6) is 0 Å². The molecule has 0 fully saturated rings. The van der Waals surface area contributed by atoms with Gasteiger partial charge in [0, 0.05) is 29.8 Å². The zero-order valence-electron chi connectivity index (χ0n) is 16.5. The van der Waals surface area contributed by atoms with Gasteiger partial charge in [0.15, 0.2) is 0 Å². The highest BCUT2D eigenvalue weighted by atomic mass is 35.5. The summed E-state index contributed by atoms with van der Waals surface area (Å²) in [5.74, 6) is -0.625. The molecule has 0 saturated heterocycles. The van der Waals surface area contributed by atoms with Crippen molar-refractivity contribution in [3.05, 3.63) is 81.9 Å². The van der Waals surface area contributed by atoms with E-state index in [0.717, 1.165) is 33.4 Å². The molecular weight excluding hydrogens is 400 g/mol. The number of amides is 2. The van der Waals surface area contributed by atoms with Crippen LogP contribution in [0.2, 0.25) is 5.02 Å². The molecule has 0 unspecified atom stereocenters. The van der Waals surface area contributed by atoms with E-state index in [9.17, 15) is 9.59 Å². The van der Waals surface area contributed by atoms with E-state index in [4.69, 9.17) is 22.1 Å². The van der Waals surface area contributed by atoms with E-state index < -0.39 is 5.91 Å². The first-order valence-electron chi connectivity index (χ1n) is 9.61. The smallest absolute Gasteiger partial charge is 0.251 e. The lowest BCUT2D eigenvalue weighted by Gasteiger charge is -2.11. The molecule has 1 aliphatic carbocycles. The first-order valence-corrected chi connectivity index (χ1v) is 9.99. The SMILES string of the molecule is COCCNC(=O)c1ccc2c(c1)-c1cc(-c3ccc(Cl)cc3)cc(C(N)=O)c1C2. The molecule has 3 aromatic rings. The van der Waals surface area contributed by atoms with Gasteiger partial charge in [0.2, 0.25) is 5.91 Å². The molecule has 0 bridgehead atoms. The van der Waals surface area contributed by atoms with Crippen molar-refractivity contribution in [3.8, 4) is 22.3 Å². The van der Waals surface area contributed by atoms with Gasteiger partial charge >= 0.3 is 0 Å². The van der Waals surface area contributed by atoms with Crippen molar-refractivity contribution in [2.75, 3.05) is 20.3 Å². The predicted molar refractivity (Wildman–Crippen MR) is 118 cm³/mol. The summed E-state index contributed by atoms with van der Waals surface area (Å²) in [6, 6.07) is 16.9. The highest BCUT2D eigenvalue weighted by Gasteiger charge is 2.25. The number of fused-ring (bicyclic) bond motifs is 3. The fraction of sp³-hybridized carbons (Fsp3) is 0.167. The number of hydrogen-bond donors (Lipinski definition) is 2. The molecule has 0 saturated carbocycles. The molecule has 2 amide bonds. The van der Waals surface area contributed by atoms with E-state index >= 15 is 0 Å². The van der Waals surface area contributed by atoms with Gasteiger partial charge in [0.05, 0.1) is 6.61 Å². The molecule has 6 heteroatoms. The summed E-state index contributed by atoms with van der Waals surface area (Å²) < 4.78 is 4.98. The van der Waals surface area contributed by atoms with Crippen molar-refractivity contribution in [1.82, 2.24) is 5.32 Å². The summed E-state index contributed by atoms with van der Waals surface area (Å²) in [5, 5.41) is 3.48. The number of carbonyl (C=O) groups is 2. The van der Waals surface area contributed by atoms with Crippen LogP contribution in [0.15, 0.2) is 54.6 Å². The Balaban J connectivity index is 1.78. The standard InChI is InChI=1S/C24H21ClN2O3/c1-30-9-8-27-24(29)16-3-2-15-10-21-20(19(15)11-16)12-17(13-22(21)23(26)28)14-4-6-18(25)7-5-14/h2-7,11-13H,8-10H2,1H3,(H2,26,28)(H,27,29). The van der Waals surface area contributed by atoms with Gasteiger partial charge < -0.3 is 15.8 Å². The number of benzene rings is 3. The Hall–Kier alpha value is -3.15. The average molecular weight is 421 g/mol. The van der Waals surface area contributed by atoms with Crippen LogP contribution in [-0.4, -0.2) is 32.1 Å². The minimum Gasteiger partial charge on any atom is -0.383 e. The van der Waals surface area contributed by atoms with Crippen LogP contribution in [0.3, 0.4) is 0 Å². The molecular formula is C24H21ClN2O3. The predicted octanol–water partition coefficient (Wildman–Crippen LogP) is 4.05. The monoisotopic (exact) mass is 420 g/mol. The first-order chi connectivity index (χ1) is 14.5. The van der Waals surface area contributed by atoms with Crippen molar-refractivity contribution >= 4 is 23.4 Å². The minimum absolute atomic E-state index is 0.160. The summed E-state index contributed by atoms with van der Waals surface area (Å²) in [5.41, 5.74) is 12.4. The zero-order valence-corrected chi connectivity index (χ0v) is 17.3. The molecule has 0 spiro atoms. The lowest BCUT2D eigenvalue weighted by atomic mass is 9.93. The van der Waals surface area contributed by atoms with Crippen LogP contribution >= 0.6 is 11.6 Å². The van der Waals surface area contributed by atoms with Crippen LogP contribution in [0.1, 0.15) is 31.8 Å². The zero-order chi connectivity index (χ0) is 21.3. The fourth-order valence-corrected chi connectivity index (χ4v) is 3.94. The molecule has 1 aliphatic rings. The Labute approximate surface area is 179 Å². The van der Waals surface area contributed by atoms with Crippen molar-refractivity contribution in [1.29, 1.82) is 0 Å². The Morgan fingerprint density at radius 1 is 1.03 bits per heavy atom. The van der Waals surface area contributed by atoms with E-state index in [1.165, 1.54) is 0 Å². The summed E-state index contributed by atoms with van der Waals surface area (Å²) >= 11 is 6.01. The van der Waals surface area contributed by atoms with Gasteiger partial charge in [-0.25, -0.2) is 0 Å². The number of rotatable bonds is 6. The maximum Gasteiger partial charge on any atom is 0.251 e. The molecule has 0 aromatic heterocycles. The van der Waals surface area contributed by atoms with Crippen molar-refractivity contribution in [2.24, 2.45) is 5.73 Å². The molecule has 3 N–H and O–H groups in total. The Bertz CT molecular complexity index is 1140. The molecule has 0 atom stereocenters. The van der Waals surface area contributed by atoms with E-state index in [1.54, 1.807) is 13.2 Å². The van der Waals surface area contributed by atoms with Gasteiger partial charge in [-0.1, -0.05) is 29.8 Å². The lowest BCUT2D eigenvalue weighted by molar-refractivity contribution is 0.0936. The van der Waals surface area contributed by atoms with Crippen LogP contribution in [0.25, 0.3) is 22.3 Å². The molecule has 5 nitrogen and oxygen atoms in total. The second-order valence-electron chi connectivity index (χ2n) is 7.22. The van der Waals surface area contributed by atoms with Crippen molar-refractivity contribution in [2.45, 2.75) is 6.42 Å². The summed E-state index contributed by atoms with van der Waals surface area (Å²) in [6.45, 7) is 0.890. The van der Waals surface area contributed by atoms with Crippen LogP contribution in [-0.2, 0) is 11.2 Å². The number of ether oxygens (including phenoxy) is 1. The van der Waals surface area contributed by atoms with E-state index in [0.29, 0.717) is 35.7 Å². The van der Waals surface area contributed by atoms with E-state index in [2.05, 4.69) is 5.32 Å². The second-order valence-corrected chi connectivity index (χ2v) is 7.65. The van der Waals surface area contributed by atoms with Crippen LogP contribution in [0, 0.1) is 0 Å². The van der Waals surface area contributed by atoms with Crippen LogP contribution < -0.4 is 11.1 Å². The van der Waals surface area contributed by atoms with Gasteiger partial charge in [-0.05, 0) is 76.2 Å². The molecule has 4 rings (SSSR count). The molecule has 3 aromatic carbocycles. The Morgan fingerprint density at radius 2 is 1.80 bits per heavy atom. The molecule has 0 radical (unpaired) electrons. The van der Waals surface area contributed by atoms with E-state index in [1.807, 2.05) is 48.5 Å². The largest absolute Gasteiger partial charge is 0.383 e. The number of nitrogens with one attached hydrogen (secondary N) is 1. The number of methoxy groups -OCH3 is 1. The van der Waals surface area contributed by atoms with Gasteiger partial charge in [0.1, 0.15) is 0 Å². The van der Waals surface area contributed by atoms with Crippen molar-refractivity contribution < 1.29 is 14.3 Å². The topological polar surface area (TPSA) is 81.4 Å². The summed E-state index contributed by atoms with van der Waals surface area (Å²) in [6.07, 6.45) is 0.607. The highest BCUT2D eigenvalue weighted by molar-refractivity contribution is 6.30. The molecule has 30 heavy (non-hydrogen) atoms. The molecule has 0 aliphatic heterocycles. The molecule has 0 heterocycles. The third-order valence-electron chi connectivity index (χ3n) is 5.31. The lowest BCUT2D eigenvalue weighted by Crippen LogP contribution is -2.26. The highest BCUT2D eigenvalue weighted by Crippen LogP contribution is 2.41. The number of nitrogens with two attached hydrogens (primary N) is 1. The van der Waals surface area contributed by atoms with E-state index in [-0.39, 0.29) is 5.91 Å². The quantitative estimate of drug-likeness (QED) is 0.461. The van der Waals surface area contributed by atoms with Crippen LogP contribution in [0.4, 0.5) is 0 Å². The van der Waals surface area contributed by atoms with Gasteiger partial charge in [-0.3, -0.25) is 9.59 Å². The summed E-state index contributed by atoms with van der Waals surface area (Å²) in [7, 11) is 1.59. The van der Waals surface area contributed by atoms with Crippen molar-refractivity contribution in [3.63, 3.8) is 0 Å².